The lowest BCUT2D eigenvalue weighted by Crippen LogP contribution is -2.54. The number of nitrogens with zero attached hydrogens (tertiary/aromatic N) is 1. The molecule has 0 bridgehead atoms. The SMILES string of the molecule is CC(=O)OCC1OC(Oc2cccc3[nH]cc(CCN(C)C)c23)C(OC(C)=O)CC1OC(C)=O. The first-order valence-electron chi connectivity index (χ1n) is 11.2. The van der Waals surface area contributed by atoms with Crippen molar-refractivity contribution in [3.05, 3.63) is 30.0 Å². The van der Waals surface area contributed by atoms with Crippen molar-refractivity contribution in [3.8, 4) is 5.75 Å². The van der Waals surface area contributed by atoms with Crippen LogP contribution in [0.1, 0.15) is 32.8 Å². The average molecular weight is 477 g/mol. The van der Waals surface area contributed by atoms with E-state index in [1.165, 1.54) is 20.8 Å². The van der Waals surface area contributed by atoms with Gasteiger partial charge in [0.05, 0.1) is 0 Å². The zero-order chi connectivity index (χ0) is 24.8. The van der Waals surface area contributed by atoms with E-state index in [1.54, 1.807) is 0 Å². The van der Waals surface area contributed by atoms with Crippen LogP contribution >= 0.6 is 0 Å². The van der Waals surface area contributed by atoms with Crippen LogP contribution in [-0.4, -0.2) is 79.6 Å². The molecule has 2 aromatic rings. The minimum Gasteiger partial charge on any atom is -0.463 e. The van der Waals surface area contributed by atoms with Gasteiger partial charge in [0.1, 0.15) is 24.6 Å². The molecule has 186 valence electrons. The highest BCUT2D eigenvalue weighted by Gasteiger charge is 2.43. The lowest BCUT2D eigenvalue weighted by atomic mass is 10.0. The van der Waals surface area contributed by atoms with Crippen LogP contribution in [0.3, 0.4) is 0 Å². The Kier molecular flexibility index (Phi) is 8.51. The lowest BCUT2D eigenvalue weighted by Gasteiger charge is -2.39. The van der Waals surface area contributed by atoms with Gasteiger partial charge >= 0.3 is 17.9 Å². The quantitative estimate of drug-likeness (QED) is 0.429. The molecule has 34 heavy (non-hydrogen) atoms. The molecule has 0 spiro atoms. The van der Waals surface area contributed by atoms with Gasteiger partial charge in [-0.15, -0.1) is 0 Å². The third-order valence-corrected chi connectivity index (χ3v) is 5.40. The van der Waals surface area contributed by atoms with Crippen molar-refractivity contribution in [2.24, 2.45) is 0 Å². The summed E-state index contributed by atoms with van der Waals surface area (Å²) in [5, 5.41) is 0.910. The van der Waals surface area contributed by atoms with Gasteiger partial charge in [0, 0.05) is 50.8 Å². The fourth-order valence-electron chi connectivity index (χ4n) is 3.93. The van der Waals surface area contributed by atoms with E-state index in [1.807, 2.05) is 38.5 Å². The molecule has 4 atom stereocenters. The third kappa shape index (κ3) is 6.71. The third-order valence-electron chi connectivity index (χ3n) is 5.40. The van der Waals surface area contributed by atoms with Gasteiger partial charge in [0.15, 0.2) is 6.10 Å². The number of carbonyl (C=O) groups excluding carboxylic acids is 3. The van der Waals surface area contributed by atoms with E-state index in [4.69, 9.17) is 23.7 Å². The van der Waals surface area contributed by atoms with Crippen LogP contribution < -0.4 is 4.74 Å². The molecule has 0 radical (unpaired) electrons. The average Bonchev–Trinajstić information content (AvgIpc) is 3.16. The molecule has 1 N–H and O–H groups in total. The molecule has 1 aliphatic heterocycles. The summed E-state index contributed by atoms with van der Waals surface area (Å²) >= 11 is 0. The predicted molar refractivity (Wildman–Crippen MR) is 122 cm³/mol. The summed E-state index contributed by atoms with van der Waals surface area (Å²) in [5.41, 5.74) is 1.98. The minimum atomic E-state index is -1.00. The standard InChI is InChI=1S/C24H32N2O8/c1-14(27)30-13-22-20(31-15(2)28)11-21(32-16(3)29)24(34-22)33-19-8-6-7-18-23(19)17(12-25-18)9-10-26(4)5/h6-8,12,20-22,24-25H,9-11,13H2,1-5H3. The van der Waals surface area contributed by atoms with Crippen LogP contribution in [0.15, 0.2) is 24.4 Å². The van der Waals surface area contributed by atoms with Crippen LogP contribution in [-0.2, 0) is 39.8 Å². The predicted octanol–water partition coefficient (Wildman–Crippen LogP) is 2.19. The maximum absolute atomic E-state index is 11.8. The number of carbonyl (C=O) groups is 3. The number of benzene rings is 1. The molecule has 1 aromatic carbocycles. The monoisotopic (exact) mass is 476 g/mol. The molecule has 1 aromatic heterocycles. The molecule has 0 aliphatic carbocycles. The molecule has 0 amide bonds. The Balaban J connectivity index is 1.89. The second-order valence-corrected chi connectivity index (χ2v) is 8.54. The fraction of sp³-hybridized carbons (Fsp3) is 0.542. The molecule has 10 heteroatoms. The normalized spacial score (nSPS) is 22.4. The van der Waals surface area contributed by atoms with Crippen molar-refractivity contribution in [3.63, 3.8) is 0 Å². The smallest absolute Gasteiger partial charge is 0.303 e. The Bertz CT molecular complexity index is 1020. The number of ether oxygens (including phenoxy) is 5. The van der Waals surface area contributed by atoms with Gasteiger partial charge in [-0.2, -0.15) is 0 Å². The molecule has 3 rings (SSSR count). The zero-order valence-corrected chi connectivity index (χ0v) is 20.2. The first kappa shape index (κ1) is 25.5. The number of rotatable bonds is 9. The first-order valence-corrected chi connectivity index (χ1v) is 11.2. The van der Waals surface area contributed by atoms with Crippen molar-refractivity contribution in [1.82, 2.24) is 9.88 Å². The minimum absolute atomic E-state index is 0.131. The number of likely N-dealkylation sites (N-methyl/N-ethyl adjacent to an activating group) is 1. The number of nitrogens with one attached hydrogen (secondary N) is 1. The van der Waals surface area contributed by atoms with Gasteiger partial charge in [0.2, 0.25) is 6.29 Å². The molecule has 10 nitrogen and oxygen atoms in total. The van der Waals surface area contributed by atoms with E-state index < -0.39 is 42.5 Å². The number of H-pyrrole nitrogens is 1. The van der Waals surface area contributed by atoms with Gasteiger partial charge < -0.3 is 33.6 Å². The number of aromatic nitrogens is 1. The van der Waals surface area contributed by atoms with E-state index in [0.29, 0.717) is 5.75 Å². The highest BCUT2D eigenvalue weighted by atomic mass is 16.7. The van der Waals surface area contributed by atoms with Crippen molar-refractivity contribution >= 4 is 28.8 Å². The van der Waals surface area contributed by atoms with E-state index in [2.05, 4.69) is 9.88 Å². The number of aromatic amines is 1. The summed E-state index contributed by atoms with van der Waals surface area (Å²) in [6, 6.07) is 5.63. The Morgan fingerprint density at radius 1 is 1.06 bits per heavy atom. The summed E-state index contributed by atoms with van der Waals surface area (Å²) in [6.45, 7) is 4.55. The highest BCUT2D eigenvalue weighted by molar-refractivity contribution is 5.89. The lowest BCUT2D eigenvalue weighted by molar-refractivity contribution is -0.252. The van der Waals surface area contributed by atoms with Crippen LogP contribution in [0.4, 0.5) is 0 Å². The summed E-state index contributed by atoms with van der Waals surface area (Å²) < 4.78 is 28.3. The van der Waals surface area contributed by atoms with Crippen LogP contribution in [0, 0.1) is 0 Å². The highest BCUT2D eigenvalue weighted by Crippen LogP contribution is 2.33. The molecule has 4 unspecified atom stereocenters. The van der Waals surface area contributed by atoms with Gasteiger partial charge in [-0.3, -0.25) is 14.4 Å². The Morgan fingerprint density at radius 2 is 1.76 bits per heavy atom. The van der Waals surface area contributed by atoms with Crippen LogP contribution in [0.5, 0.6) is 5.75 Å². The van der Waals surface area contributed by atoms with Crippen LogP contribution in [0.25, 0.3) is 10.9 Å². The van der Waals surface area contributed by atoms with Gasteiger partial charge in [-0.25, -0.2) is 0 Å². The van der Waals surface area contributed by atoms with E-state index >= 15 is 0 Å². The summed E-state index contributed by atoms with van der Waals surface area (Å²) in [5.74, 6) is -0.974. The van der Waals surface area contributed by atoms with Crippen molar-refractivity contribution in [2.75, 3.05) is 27.2 Å². The van der Waals surface area contributed by atoms with Gasteiger partial charge in [-0.1, -0.05) is 6.07 Å². The number of hydrogen-bond acceptors (Lipinski definition) is 9. The van der Waals surface area contributed by atoms with Crippen LogP contribution in [0.2, 0.25) is 0 Å². The Labute approximate surface area is 198 Å². The maximum atomic E-state index is 11.8. The molecule has 1 aliphatic rings. The molecule has 1 fully saturated rings. The number of fused-ring (bicyclic) bond motifs is 1. The summed E-state index contributed by atoms with van der Waals surface area (Å²) in [6.07, 6.45) is -0.522. The largest absolute Gasteiger partial charge is 0.463 e. The van der Waals surface area contributed by atoms with Gasteiger partial charge in [0.25, 0.3) is 0 Å². The van der Waals surface area contributed by atoms with Crippen molar-refractivity contribution in [1.29, 1.82) is 0 Å². The Morgan fingerprint density at radius 3 is 2.41 bits per heavy atom. The number of esters is 3. The zero-order valence-electron chi connectivity index (χ0n) is 20.2. The number of hydrogen-bond donors (Lipinski definition) is 1. The second kappa shape index (κ2) is 11.3. The van der Waals surface area contributed by atoms with E-state index in [-0.39, 0.29) is 13.0 Å². The topological polar surface area (TPSA) is 116 Å². The van der Waals surface area contributed by atoms with E-state index in [0.717, 1.165) is 29.4 Å². The molecule has 1 saturated heterocycles. The maximum Gasteiger partial charge on any atom is 0.303 e. The summed E-state index contributed by atoms with van der Waals surface area (Å²) in [7, 11) is 4.02. The fourth-order valence-corrected chi connectivity index (χ4v) is 3.93. The summed E-state index contributed by atoms with van der Waals surface area (Å²) in [4.78, 5) is 40.1. The molecular formula is C24H32N2O8. The Hall–Kier alpha value is -3.11. The molecule has 0 saturated carbocycles. The van der Waals surface area contributed by atoms with Crippen molar-refractivity contribution in [2.45, 2.75) is 58.2 Å². The van der Waals surface area contributed by atoms with E-state index in [9.17, 15) is 14.4 Å². The molecule has 2 heterocycles. The van der Waals surface area contributed by atoms with Crippen molar-refractivity contribution < 1.29 is 38.1 Å². The van der Waals surface area contributed by atoms with Gasteiger partial charge in [-0.05, 0) is 38.2 Å². The second-order valence-electron chi connectivity index (χ2n) is 8.54. The first-order chi connectivity index (χ1) is 16.1. The molecular weight excluding hydrogens is 444 g/mol.